The first kappa shape index (κ1) is 10.4. The predicted molar refractivity (Wildman–Crippen MR) is 55.3 cm³/mol. The van der Waals surface area contributed by atoms with Gasteiger partial charge in [0.25, 0.3) is 0 Å². The van der Waals surface area contributed by atoms with Gasteiger partial charge in [-0.2, -0.15) is 0 Å². The fraction of sp³-hybridized carbons (Fsp3) is 0.500. The van der Waals surface area contributed by atoms with E-state index in [4.69, 9.17) is 4.74 Å². The highest BCUT2D eigenvalue weighted by Crippen LogP contribution is 2.22. The van der Waals surface area contributed by atoms with Gasteiger partial charge in [0, 0.05) is 6.42 Å². The van der Waals surface area contributed by atoms with Crippen molar-refractivity contribution in [1.29, 1.82) is 0 Å². The number of esters is 1. The summed E-state index contributed by atoms with van der Waals surface area (Å²) >= 11 is 1.67. The summed E-state index contributed by atoms with van der Waals surface area (Å²) < 4.78 is 4.84. The van der Waals surface area contributed by atoms with Gasteiger partial charge in [0.15, 0.2) is 0 Å². The lowest BCUT2D eigenvalue weighted by Crippen LogP contribution is -2.03. The number of ether oxygens (including phenoxy) is 1. The molecule has 0 fully saturated rings. The van der Waals surface area contributed by atoms with Crippen LogP contribution >= 0.6 is 11.8 Å². The Labute approximate surface area is 83.0 Å². The van der Waals surface area contributed by atoms with Crippen LogP contribution in [-0.2, 0) is 9.53 Å². The van der Waals surface area contributed by atoms with Crippen LogP contribution < -0.4 is 0 Å². The van der Waals surface area contributed by atoms with Crippen molar-refractivity contribution < 1.29 is 9.53 Å². The molecule has 0 amide bonds. The Bertz CT molecular complexity index is 231. The summed E-state index contributed by atoms with van der Waals surface area (Å²) in [7, 11) is 0. The topological polar surface area (TPSA) is 26.3 Å². The minimum absolute atomic E-state index is 0.0945. The van der Waals surface area contributed by atoms with E-state index in [0.717, 1.165) is 12.8 Å². The maximum Gasteiger partial charge on any atom is 0.306 e. The second-order valence-electron chi connectivity index (χ2n) is 2.79. The molecule has 0 spiro atoms. The summed E-state index contributed by atoms with van der Waals surface area (Å²) in [5, 5.41) is 4.17. The molecule has 0 aromatic rings. The average molecular weight is 198 g/mol. The number of carbonyl (C=O) groups is 1. The third kappa shape index (κ3) is 4.18. The van der Waals surface area contributed by atoms with Crippen molar-refractivity contribution in [3.63, 3.8) is 0 Å². The van der Waals surface area contributed by atoms with E-state index in [2.05, 4.69) is 16.9 Å². The minimum Gasteiger partial charge on any atom is -0.466 e. The second-order valence-corrected chi connectivity index (χ2v) is 3.57. The SMILES string of the molecule is CCOC(=O)CCC1=CSC=CC1. The molecule has 0 aliphatic carbocycles. The predicted octanol–water partition coefficient (Wildman–Crippen LogP) is 2.86. The third-order valence-corrected chi connectivity index (χ3v) is 2.56. The van der Waals surface area contributed by atoms with E-state index in [9.17, 15) is 4.79 Å². The zero-order valence-electron chi connectivity index (χ0n) is 7.79. The number of allylic oxidation sites excluding steroid dienone is 2. The lowest BCUT2D eigenvalue weighted by Gasteiger charge is -2.06. The summed E-state index contributed by atoms with van der Waals surface area (Å²) in [6, 6.07) is 0. The van der Waals surface area contributed by atoms with Crippen molar-refractivity contribution in [1.82, 2.24) is 0 Å². The number of hydrogen-bond acceptors (Lipinski definition) is 3. The van der Waals surface area contributed by atoms with Crippen LogP contribution in [0.25, 0.3) is 0 Å². The van der Waals surface area contributed by atoms with Crippen LogP contribution in [0.15, 0.2) is 22.5 Å². The molecular formula is C10H14O2S. The quantitative estimate of drug-likeness (QED) is 0.650. The molecule has 1 heterocycles. The van der Waals surface area contributed by atoms with E-state index >= 15 is 0 Å². The number of rotatable bonds is 4. The molecule has 0 saturated carbocycles. The van der Waals surface area contributed by atoms with Gasteiger partial charge in [0.1, 0.15) is 0 Å². The van der Waals surface area contributed by atoms with Crippen molar-refractivity contribution in [2.75, 3.05) is 6.61 Å². The van der Waals surface area contributed by atoms with E-state index < -0.39 is 0 Å². The Kier molecular flexibility index (Phi) is 4.68. The monoisotopic (exact) mass is 198 g/mol. The van der Waals surface area contributed by atoms with Crippen LogP contribution in [0.4, 0.5) is 0 Å². The molecule has 1 aliphatic heterocycles. The summed E-state index contributed by atoms with van der Waals surface area (Å²) in [4.78, 5) is 11.0. The Hall–Kier alpha value is -0.700. The highest BCUT2D eigenvalue weighted by Gasteiger charge is 2.04. The summed E-state index contributed by atoms with van der Waals surface area (Å²) in [5.41, 5.74) is 1.32. The van der Waals surface area contributed by atoms with E-state index in [-0.39, 0.29) is 5.97 Å². The highest BCUT2D eigenvalue weighted by molar-refractivity contribution is 8.04. The van der Waals surface area contributed by atoms with Gasteiger partial charge >= 0.3 is 5.97 Å². The lowest BCUT2D eigenvalue weighted by atomic mass is 10.1. The fourth-order valence-electron chi connectivity index (χ4n) is 1.10. The molecule has 1 rings (SSSR count). The standard InChI is InChI=1S/C10H14O2S/c1-2-12-10(11)6-5-9-4-3-7-13-8-9/h3,7-8H,2,4-6H2,1H3. The Morgan fingerprint density at radius 1 is 1.69 bits per heavy atom. The first-order valence-electron chi connectivity index (χ1n) is 4.47. The fourth-order valence-corrected chi connectivity index (χ4v) is 1.79. The van der Waals surface area contributed by atoms with Crippen LogP contribution in [0, 0.1) is 0 Å². The van der Waals surface area contributed by atoms with Crippen LogP contribution in [0.3, 0.4) is 0 Å². The van der Waals surface area contributed by atoms with Gasteiger partial charge in [-0.1, -0.05) is 11.6 Å². The Morgan fingerprint density at radius 2 is 2.54 bits per heavy atom. The third-order valence-electron chi connectivity index (χ3n) is 1.75. The lowest BCUT2D eigenvalue weighted by molar-refractivity contribution is -0.143. The largest absolute Gasteiger partial charge is 0.466 e. The Morgan fingerprint density at radius 3 is 3.15 bits per heavy atom. The zero-order valence-corrected chi connectivity index (χ0v) is 8.60. The number of thioether (sulfide) groups is 1. The number of hydrogen-bond donors (Lipinski definition) is 0. The summed E-state index contributed by atoms with van der Waals surface area (Å²) in [5.74, 6) is -0.0945. The van der Waals surface area contributed by atoms with Gasteiger partial charge in [0.05, 0.1) is 6.61 Å². The molecule has 0 saturated heterocycles. The molecule has 0 unspecified atom stereocenters. The Balaban J connectivity index is 2.18. The molecule has 0 aromatic carbocycles. The van der Waals surface area contributed by atoms with Crippen LogP contribution in [0.1, 0.15) is 26.2 Å². The first-order chi connectivity index (χ1) is 6.33. The normalized spacial score (nSPS) is 15.3. The van der Waals surface area contributed by atoms with Crippen LogP contribution in [0.2, 0.25) is 0 Å². The molecular weight excluding hydrogens is 184 g/mol. The van der Waals surface area contributed by atoms with Crippen molar-refractivity contribution in [2.24, 2.45) is 0 Å². The highest BCUT2D eigenvalue weighted by atomic mass is 32.2. The molecule has 2 nitrogen and oxygen atoms in total. The average Bonchev–Trinajstić information content (AvgIpc) is 2.17. The molecule has 0 atom stereocenters. The van der Waals surface area contributed by atoms with Gasteiger partial charge < -0.3 is 4.74 Å². The van der Waals surface area contributed by atoms with Gasteiger partial charge in [-0.3, -0.25) is 4.79 Å². The van der Waals surface area contributed by atoms with Crippen LogP contribution in [-0.4, -0.2) is 12.6 Å². The summed E-state index contributed by atoms with van der Waals surface area (Å²) in [6.07, 6.45) is 4.43. The first-order valence-corrected chi connectivity index (χ1v) is 5.41. The zero-order chi connectivity index (χ0) is 9.52. The molecule has 0 radical (unpaired) electrons. The number of carbonyl (C=O) groups excluding carboxylic acids is 1. The second kappa shape index (κ2) is 5.86. The minimum atomic E-state index is -0.0945. The van der Waals surface area contributed by atoms with Gasteiger partial charge in [0.2, 0.25) is 0 Å². The molecule has 3 heteroatoms. The van der Waals surface area contributed by atoms with E-state index in [0.29, 0.717) is 13.0 Å². The van der Waals surface area contributed by atoms with Crippen molar-refractivity contribution in [3.8, 4) is 0 Å². The molecule has 72 valence electrons. The van der Waals surface area contributed by atoms with Crippen molar-refractivity contribution in [2.45, 2.75) is 26.2 Å². The molecule has 1 aliphatic rings. The molecule has 13 heavy (non-hydrogen) atoms. The maximum atomic E-state index is 11.0. The van der Waals surface area contributed by atoms with E-state index in [1.807, 2.05) is 6.92 Å². The van der Waals surface area contributed by atoms with Crippen molar-refractivity contribution >= 4 is 17.7 Å². The molecule has 0 aromatic heterocycles. The smallest absolute Gasteiger partial charge is 0.306 e. The van der Waals surface area contributed by atoms with Gasteiger partial charge in [-0.05, 0) is 30.6 Å². The van der Waals surface area contributed by atoms with Crippen molar-refractivity contribution in [3.05, 3.63) is 22.5 Å². The van der Waals surface area contributed by atoms with Crippen LogP contribution in [0.5, 0.6) is 0 Å². The van der Waals surface area contributed by atoms with Gasteiger partial charge in [-0.25, -0.2) is 0 Å². The van der Waals surface area contributed by atoms with E-state index in [1.54, 1.807) is 11.8 Å². The molecule has 0 N–H and O–H groups in total. The maximum absolute atomic E-state index is 11.0. The summed E-state index contributed by atoms with van der Waals surface area (Å²) in [6.45, 7) is 2.31. The molecule has 0 bridgehead atoms. The van der Waals surface area contributed by atoms with Gasteiger partial charge in [-0.15, -0.1) is 11.8 Å². The van der Waals surface area contributed by atoms with E-state index in [1.165, 1.54) is 5.57 Å².